The molecule has 0 unspecified atom stereocenters. The summed E-state index contributed by atoms with van der Waals surface area (Å²) < 4.78 is 31.2. The molecule has 0 bridgehead atoms. The molecule has 3 aromatic rings. The third-order valence-corrected chi connectivity index (χ3v) is 8.63. The Morgan fingerprint density at radius 1 is 1.20 bits per heavy atom. The van der Waals surface area contributed by atoms with E-state index in [9.17, 15) is 18.0 Å². The molecule has 184 valence electrons. The van der Waals surface area contributed by atoms with E-state index in [1.54, 1.807) is 19.1 Å². The molecule has 1 N–H and O–H groups in total. The van der Waals surface area contributed by atoms with Crippen LogP contribution in [0.5, 0.6) is 0 Å². The molecule has 1 aliphatic carbocycles. The maximum atomic E-state index is 13.1. The summed E-state index contributed by atoms with van der Waals surface area (Å²) in [6.45, 7) is 3.74. The van der Waals surface area contributed by atoms with Crippen LogP contribution in [0.15, 0.2) is 35.6 Å². The summed E-state index contributed by atoms with van der Waals surface area (Å²) >= 11 is 7.50. The van der Waals surface area contributed by atoms with Gasteiger partial charge in [-0.05, 0) is 56.2 Å². The van der Waals surface area contributed by atoms with Crippen LogP contribution in [0.1, 0.15) is 62.2 Å². The predicted molar refractivity (Wildman–Crippen MR) is 134 cm³/mol. The van der Waals surface area contributed by atoms with E-state index in [1.165, 1.54) is 11.3 Å². The molecule has 0 aliphatic heterocycles. The Labute approximate surface area is 212 Å². The van der Waals surface area contributed by atoms with Gasteiger partial charge in [0, 0.05) is 4.88 Å². The molecule has 2 heterocycles. The number of amides is 1. The van der Waals surface area contributed by atoms with Gasteiger partial charge >= 0.3 is 5.97 Å². The van der Waals surface area contributed by atoms with E-state index >= 15 is 0 Å². The van der Waals surface area contributed by atoms with E-state index in [0.29, 0.717) is 16.1 Å². The monoisotopic (exact) mass is 533 g/mol. The van der Waals surface area contributed by atoms with Crippen molar-refractivity contribution in [1.82, 2.24) is 9.97 Å². The smallest absolute Gasteiger partial charge is 0.341 e. The first-order valence-electron chi connectivity index (χ1n) is 11.1. The lowest BCUT2D eigenvalue weighted by atomic mass is 9.95. The molecule has 8 nitrogen and oxygen atoms in total. The topological polar surface area (TPSA) is 115 Å². The van der Waals surface area contributed by atoms with Crippen molar-refractivity contribution in [2.45, 2.75) is 50.4 Å². The van der Waals surface area contributed by atoms with Gasteiger partial charge in [-0.2, -0.15) is 0 Å². The van der Waals surface area contributed by atoms with E-state index in [1.807, 2.05) is 19.1 Å². The Hall–Kier alpha value is -2.82. The van der Waals surface area contributed by atoms with Crippen LogP contribution in [0.3, 0.4) is 0 Å². The number of ether oxygens (including phenoxy) is 1. The van der Waals surface area contributed by atoms with Crippen LogP contribution in [0.2, 0.25) is 5.02 Å². The van der Waals surface area contributed by atoms with E-state index in [4.69, 9.17) is 16.3 Å². The molecule has 0 saturated carbocycles. The minimum Gasteiger partial charge on any atom is -0.462 e. The fourth-order valence-electron chi connectivity index (χ4n) is 3.94. The Balaban J connectivity index is 1.65. The van der Waals surface area contributed by atoms with Crippen molar-refractivity contribution >= 4 is 49.7 Å². The number of aromatic nitrogens is 2. The average Bonchev–Trinajstić information content (AvgIpc) is 3.18. The second kappa shape index (κ2) is 10.4. The van der Waals surface area contributed by atoms with Gasteiger partial charge in [-0.15, -0.1) is 11.3 Å². The van der Waals surface area contributed by atoms with E-state index < -0.39 is 26.9 Å². The first kappa shape index (κ1) is 25.3. The van der Waals surface area contributed by atoms with E-state index in [2.05, 4.69) is 15.3 Å². The molecule has 1 aromatic carbocycles. The van der Waals surface area contributed by atoms with Gasteiger partial charge in [0.05, 0.1) is 29.1 Å². The summed E-state index contributed by atoms with van der Waals surface area (Å²) in [5, 5.41) is 2.46. The van der Waals surface area contributed by atoms with Gasteiger partial charge in [-0.3, -0.25) is 4.79 Å². The van der Waals surface area contributed by atoms with E-state index in [0.717, 1.165) is 47.9 Å². The molecule has 0 fully saturated rings. The normalized spacial score (nSPS) is 13.2. The molecular weight excluding hydrogens is 510 g/mol. The lowest BCUT2D eigenvalue weighted by Gasteiger charge is -2.12. The van der Waals surface area contributed by atoms with Gasteiger partial charge in [-0.25, -0.2) is 23.2 Å². The van der Waals surface area contributed by atoms with Crippen LogP contribution in [-0.2, 0) is 33.2 Å². The number of rotatable bonds is 7. The first-order valence-corrected chi connectivity index (χ1v) is 14.0. The number of carbonyl (C=O) groups excluding carboxylic acids is 2. The minimum atomic E-state index is -3.95. The van der Waals surface area contributed by atoms with Gasteiger partial charge in [0.25, 0.3) is 5.91 Å². The number of hydrogen-bond donors (Lipinski definition) is 1. The molecule has 35 heavy (non-hydrogen) atoms. The zero-order valence-electron chi connectivity index (χ0n) is 19.3. The number of aryl methyl sites for hydroxylation is 2. The molecule has 1 amide bonds. The van der Waals surface area contributed by atoms with Crippen LogP contribution in [0.4, 0.5) is 5.00 Å². The summed E-state index contributed by atoms with van der Waals surface area (Å²) in [5.74, 6) is -1.54. The predicted octanol–water partition coefficient (Wildman–Crippen LogP) is 4.78. The second-order valence-corrected chi connectivity index (χ2v) is 11.5. The van der Waals surface area contributed by atoms with E-state index in [-0.39, 0.29) is 23.1 Å². The fourth-order valence-corrected chi connectivity index (χ4v) is 6.69. The van der Waals surface area contributed by atoms with Gasteiger partial charge in [0.1, 0.15) is 5.00 Å². The number of fused-ring (bicyclic) bond motifs is 1. The van der Waals surface area contributed by atoms with Crippen molar-refractivity contribution in [3.63, 3.8) is 0 Å². The fraction of sp³-hybridized carbons (Fsp3) is 0.333. The standard InChI is InChI=1S/C24H24ClN3O5S2/c1-3-33-23(30)19-16-10-6-7-11-18(16)34-22(19)28-21(29)20-17(25)12-26-24(27-20)35(31,32)13-15-9-5-4-8-14(15)2/h4-5,8-9,12H,3,6-7,10-11,13H2,1-2H3,(H,28,29). The minimum absolute atomic E-state index is 0.101. The maximum Gasteiger partial charge on any atom is 0.341 e. The van der Waals surface area contributed by atoms with Crippen LogP contribution >= 0.6 is 22.9 Å². The van der Waals surface area contributed by atoms with Crippen molar-refractivity contribution in [2.75, 3.05) is 11.9 Å². The number of halogens is 1. The number of esters is 1. The SMILES string of the molecule is CCOC(=O)c1c(NC(=O)c2nc(S(=O)(=O)Cc3ccccc3C)ncc2Cl)sc2c1CCCC2. The summed E-state index contributed by atoms with van der Waals surface area (Å²) in [4.78, 5) is 34.7. The Kier molecular flexibility index (Phi) is 7.53. The molecule has 0 spiro atoms. The van der Waals surface area contributed by atoms with Crippen molar-refractivity contribution in [1.29, 1.82) is 0 Å². The lowest BCUT2D eigenvalue weighted by Crippen LogP contribution is -2.19. The number of thiophene rings is 1. The van der Waals surface area contributed by atoms with Gasteiger partial charge in [0.2, 0.25) is 15.0 Å². The van der Waals surface area contributed by atoms with Crippen LogP contribution in [0, 0.1) is 6.92 Å². The van der Waals surface area contributed by atoms with Gasteiger partial charge < -0.3 is 10.1 Å². The zero-order chi connectivity index (χ0) is 25.2. The number of nitrogens with zero attached hydrogens (tertiary/aromatic N) is 2. The summed E-state index contributed by atoms with van der Waals surface area (Å²) in [6.07, 6.45) is 4.59. The van der Waals surface area contributed by atoms with Crippen LogP contribution in [0.25, 0.3) is 0 Å². The number of hydrogen-bond acceptors (Lipinski definition) is 8. The highest BCUT2D eigenvalue weighted by atomic mass is 35.5. The molecule has 0 radical (unpaired) electrons. The summed E-state index contributed by atoms with van der Waals surface area (Å²) in [7, 11) is -3.95. The quantitative estimate of drug-likeness (QED) is 0.343. The number of sulfone groups is 1. The molecule has 11 heteroatoms. The molecule has 0 saturated heterocycles. The number of carbonyl (C=O) groups is 2. The van der Waals surface area contributed by atoms with Gasteiger partial charge in [-0.1, -0.05) is 35.9 Å². The Bertz CT molecular complexity index is 1400. The lowest BCUT2D eigenvalue weighted by molar-refractivity contribution is 0.0526. The van der Waals surface area contributed by atoms with Crippen LogP contribution in [-0.4, -0.2) is 36.9 Å². The molecular formula is C24H24ClN3O5S2. The number of nitrogens with one attached hydrogen (secondary N) is 1. The summed E-state index contributed by atoms with van der Waals surface area (Å²) in [6, 6.07) is 7.10. The second-order valence-electron chi connectivity index (χ2n) is 8.12. The Morgan fingerprint density at radius 2 is 1.94 bits per heavy atom. The Morgan fingerprint density at radius 3 is 2.69 bits per heavy atom. The maximum absolute atomic E-state index is 13.1. The van der Waals surface area contributed by atoms with Gasteiger partial charge in [0.15, 0.2) is 5.69 Å². The third-order valence-electron chi connectivity index (χ3n) is 5.70. The average molecular weight is 534 g/mol. The molecule has 0 atom stereocenters. The molecule has 2 aromatic heterocycles. The summed E-state index contributed by atoms with van der Waals surface area (Å²) in [5.41, 5.74) is 2.38. The highest BCUT2D eigenvalue weighted by molar-refractivity contribution is 7.90. The van der Waals surface area contributed by atoms with Crippen molar-refractivity contribution in [2.24, 2.45) is 0 Å². The molecule has 4 rings (SSSR count). The zero-order valence-corrected chi connectivity index (χ0v) is 21.6. The van der Waals surface area contributed by atoms with Crippen molar-refractivity contribution in [3.8, 4) is 0 Å². The van der Waals surface area contributed by atoms with Crippen LogP contribution < -0.4 is 5.32 Å². The number of benzene rings is 1. The first-order chi connectivity index (χ1) is 16.7. The molecule has 1 aliphatic rings. The van der Waals surface area contributed by atoms with Crippen molar-refractivity contribution in [3.05, 3.63) is 68.3 Å². The highest BCUT2D eigenvalue weighted by Crippen LogP contribution is 2.39. The van der Waals surface area contributed by atoms with Crippen molar-refractivity contribution < 1.29 is 22.7 Å². The third kappa shape index (κ3) is 5.39. The largest absolute Gasteiger partial charge is 0.462 e. The highest BCUT2D eigenvalue weighted by Gasteiger charge is 2.29. The number of anilines is 1.